The lowest BCUT2D eigenvalue weighted by atomic mass is 9.97. The fraction of sp³-hybridized carbons (Fsp3) is 0.538. The van der Waals surface area contributed by atoms with E-state index in [0.717, 1.165) is 25.9 Å². The Balaban J connectivity index is 2.30. The van der Waals surface area contributed by atoms with Gasteiger partial charge in [-0.25, -0.2) is 0 Å². The number of benzene rings is 1. The number of nitro benzene ring substituents is 1. The van der Waals surface area contributed by atoms with Crippen LogP contribution in [0.5, 0.6) is 5.75 Å². The zero-order valence-electron chi connectivity index (χ0n) is 11.0. The summed E-state index contributed by atoms with van der Waals surface area (Å²) in [4.78, 5) is 12.9. The van der Waals surface area contributed by atoms with E-state index < -0.39 is 0 Å². The van der Waals surface area contributed by atoms with Crippen molar-refractivity contribution in [2.24, 2.45) is 11.7 Å². The monoisotopic (exact) mass is 265 g/mol. The largest absolute Gasteiger partial charge is 0.496 e. The maximum absolute atomic E-state index is 11.2. The minimum absolute atomic E-state index is 0.0945. The first-order chi connectivity index (χ1) is 9.15. The molecule has 0 spiro atoms. The second-order valence-corrected chi connectivity index (χ2v) is 4.80. The van der Waals surface area contributed by atoms with Crippen molar-refractivity contribution in [3.8, 4) is 5.75 Å². The summed E-state index contributed by atoms with van der Waals surface area (Å²) >= 11 is 0. The van der Waals surface area contributed by atoms with Gasteiger partial charge in [-0.15, -0.1) is 0 Å². The van der Waals surface area contributed by atoms with Crippen molar-refractivity contribution >= 4 is 11.4 Å². The number of ether oxygens (including phenoxy) is 1. The molecule has 1 fully saturated rings. The van der Waals surface area contributed by atoms with Crippen molar-refractivity contribution in [2.75, 3.05) is 31.6 Å². The highest BCUT2D eigenvalue weighted by Gasteiger charge is 2.25. The number of nitrogens with zero attached hydrogens (tertiary/aromatic N) is 2. The van der Waals surface area contributed by atoms with E-state index >= 15 is 0 Å². The average Bonchev–Trinajstić information content (AvgIpc) is 2.46. The summed E-state index contributed by atoms with van der Waals surface area (Å²) in [5.74, 6) is 0.915. The van der Waals surface area contributed by atoms with Gasteiger partial charge in [0.15, 0.2) is 0 Å². The molecule has 1 saturated heterocycles. The van der Waals surface area contributed by atoms with Crippen LogP contribution >= 0.6 is 0 Å². The first-order valence-electron chi connectivity index (χ1n) is 6.43. The van der Waals surface area contributed by atoms with Crippen LogP contribution in [0.3, 0.4) is 0 Å². The lowest BCUT2D eigenvalue weighted by Crippen LogP contribution is -2.38. The Morgan fingerprint density at radius 2 is 2.37 bits per heavy atom. The number of rotatable bonds is 4. The highest BCUT2D eigenvalue weighted by Crippen LogP contribution is 2.34. The van der Waals surface area contributed by atoms with Crippen LogP contribution in [0, 0.1) is 16.0 Å². The fourth-order valence-electron chi connectivity index (χ4n) is 2.52. The molecule has 104 valence electrons. The van der Waals surface area contributed by atoms with E-state index in [1.165, 1.54) is 13.2 Å². The normalized spacial score (nSPS) is 19.3. The molecule has 1 aliphatic heterocycles. The molecule has 1 atom stereocenters. The van der Waals surface area contributed by atoms with E-state index in [9.17, 15) is 10.1 Å². The summed E-state index contributed by atoms with van der Waals surface area (Å²) in [5, 5.41) is 11.2. The first-order valence-corrected chi connectivity index (χ1v) is 6.43. The minimum atomic E-state index is -0.357. The molecule has 0 radical (unpaired) electrons. The molecule has 0 aliphatic carbocycles. The summed E-state index contributed by atoms with van der Waals surface area (Å²) in [5.41, 5.74) is 6.46. The third kappa shape index (κ3) is 2.96. The zero-order chi connectivity index (χ0) is 13.8. The highest BCUT2D eigenvalue weighted by atomic mass is 16.6. The quantitative estimate of drug-likeness (QED) is 0.663. The molecule has 1 aromatic rings. The summed E-state index contributed by atoms with van der Waals surface area (Å²) in [6.07, 6.45) is 2.11. The Hall–Kier alpha value is -1.82. The molecule has 2 rings (SSSR count). The Bertz CT molecular complexity index is 464. The Morgan fingerprint density at radius 3 is 3.00 bits per heavy atom. The van der Waals surface area contributed by atoms with Crippen molar-refractivity contribution < 1.29 is 9.66 Å². The summed E-state index contributed by atoms with van der Waals surface area (Å²) in [6, 6.07) is 4.99. The topological polar surface area (TPSA) is 81.6 Å². The molecule has 2 N–H and O–H groups in total. The lowest BCUT2D eigenvalue weighted by Gasteiger charge is -2.33. The van der Waals surface area contributed by atoms with Crippen LogP contribution < -0.4 is 15.4 Å². The lowest BCUT2D eigenvalue weighted by molar-refractivity contribution is -0.384. The van der Waals surface area contributed by atoms with Gasteiger partial charge < -0.3 is 15.4 Å². The first kappa shape index (κ1) is 13.6. The molecular weight excluding hydrogens is 246 g/mol. The van der Waals surface area contributed by atoms with Crippen molar-refractivity contribution in [1.29, 1.82) is 0 Å². The van der Waals surface area contributed by atoms with Crippen LogP contribution in [0.4, 0.5) is 11.4 Å². The van der Waals surface area contributed by atoms with Crippen LogP contribution in [0.15, 0.2) is 18.2 Å². The van der Waals surface area contributed by atoms with Gasteiger partial charge in [0.25, 0.3) is 5.69 Å². The summed E-state index contributed by atoms with van der Waals surface area (Å²) in [6.45, 7) is 2.24. The molecule has 0 bridgehead atoms. The molecule has 0 amide bonds. The molecule has 1 unspecified atom stereocenters. The van der Waals surface area contributed by atoms with Crippen molar-refractivity contribution in [2.45, 2.75) is 12.8 Å². The number of hydrogen-bond acceptors (Lipinski definition) is 5. The van der Waals surface area contributed by atoms with Crippen molar-refractivity contribution in [3.63, 3.8) is 0 Å². The minimum Gasteiger partial charge on any atom is -0.496 e. The summed E-state index contributed by atoms with van der Waals surface area (Å²) in [7, 11) is 1.50. The number of nitro groups is 1. The van der Waals surface area contributed by atoms with Gasteiger partial charge in [0, 0.05) is 13.1 Å². The molecule has 0 aromatic heterocycles. The Labute approximate surface area is 112 Å². The van der Waals surface area contributed by atoms with Crippen LogP contribution in [-0.4, -0.2) is 31.7 Å². The number of hydrogen-bond donors (Lipinski definition) is 1. The van der Waals surface area contributed by atoms with Crippen LogP contribution in [-0.2, 0) is 0 Å². The van der Waals surface area contributed by atoms with Gasteiger partial charge in [-0.2, -0.15) is 0 Å². The number of methoxy groups -OCH3 is 1. The standard InChI is InChI=1S/C13H19N3O3/c1-19-11-4-5-12(13(7-11)16(17)18)15-6-2-3-10(8-14)9-15/h4-5,7,10H,2-3,6,8-9,14H2,1H3. The van der Waals surface area contributed by atoms with E-state index in [-0.39, 0.29) is 10.6 Å². The van der Waals surface area contributed by atoms with E-state index in [0.29, 0.717) is 23.9 Å². The number of nitrogens with two attached hydrogens (primary N) is 1. The zero-order valence-corrected chi connectivity index (χ0v) is 11.0. The predicted molar refractivity (Wildman–Crippen MR) is 73.6 cm³/mol. The van der Waals surface area contributed by atoms with Gasteiger partial charge in [-0.3, -0.25) is 10.1 Å². The van der Waals surface area contributed by atoms with E-state index in [2.05, 4.69) is 4.90 Å². The fourth-order valence-corrected chi connectivity index (χ4v) is 2.52. The van der Waals surface area contributed by atoms with Gasteiger partial charge in [0.1, 0.15) is 11.4 Å². The molecule has 1 aromatic carbocycles. The molecule has 19 heavy (non-hydrogen) atoms. The molecule has 6 nitrogen and oxygen atoms in total. The Morgan fingerprint density at radius 1 is 1.58 bits per heavy atom. The second kappa shape index (κ2) is 5.88. The molecular formula is C13H19N3O3. The third-order valence-corrected chi connectivity index (χ3v) is 3.57. The number of anilines is 1. The predicted octanol–water partition coefficient (Wildman–Crippen LogP) is 1.78. The van der Waals surface area contributed by atoms with Crippen molar-refractivity contribution in [3.05, 3.63) is 28.3 Å². The van der Waals surface area contributed by atoms with Gasteiger partial charge in [0.05, 0.1) is 18.1 Å². The smallest absolute Gasteiger partial charge is 0.296 e. The molecule has 1 heterocycles. The van der Waals surface area contributed by atoms with E-state index in [4.69, 9.17) is 10.5 Å². The summed E-state index contributed by atoms with van der Waals surface area (Å²) < 4.78 is 5.05. The number of piperidine rings is 1. The van der Waals surface area contributed by atoms with E-state index in [1.54, 1.807) is 12.1 Å². The Kier molecular flexibility index (Phi) is 4.21. The highest BCUT2D eigenvalue weighted by molar-refractivity contribution is 5.65. The van der Waals surface area contributed by atoms with Gasteiger partial charge in [-0.1, -0.05) is 0 Å². The van der Waals surface area contributed by atoms with Crippen LogP contribution in [0.2, 0.25) is 0 Å². The van der Waals surface area contributed by atoms with Crippen LogP contribution in [0.25, 0.3) is 0 Å². The second-order valence-electron chi connectivity index (χ2n) is 4.80. The molecule has 1 aliphatic rings. The molecule has 0 saturated carbocycles. The van der Waals surface area contributed by atoms with Crippen molar-refractivity contribution in [1.82, 2.24) is 0 Å². The van der Waals surface area contributed by atoms with Gasteiger partial charge in [0.2, 0.25) is 0 Å². The maximum Gasteiger partial charge on any atom is 0.296 e. The maximum atomic E-state index is 11.2. The van der Waals surface area contributed by atoms with Crippen LogP contribution in [0.1, 0.15) is 12.8 Å². The van der Waals surface area contributed by atoms with Gasteiger partial charge in [-0.05, 0) is 37.4 Å². The van der Waals surface area contributed by atoms with Gasteiger partial charge >= 0.3 is 0 Å². The molecule has 6 heteroatoms. The SMILES string of the molecule is COc1ccc(N2CCCC(CN)C2)c([N+](=O)[O-])c1. The van der Waals surface area contributed by atoms with E-state index in [1.807, 2.05) is 0 Å². The average molecular weight is 265 g/mol. The third-order valence-electron chi connectivity index (χ3n) is 3.57.